The molecule has 0 bridgehead atoms. The third kappa shape index (κ3) is 4.03. The van der Waals surface area contributed by atoms with Gasteiger partial charge in [0, 0.05) is 23.4 Å². The van der Waals surface area contributed by atoms with E-state index in [9.17, 15) is 0 Å². The number of hydrogen-bond donors (Lipinski definition) is 2. The van der Waals surface area contributed by atoms with Gasteiger partial charge in [-0.2, -0.15) is 15.1 Å². The lowest BCUT2D eigenvalue weighted by molar-refractivity contribution is 0.786. The first-order chi connectivity index (χ1) is 13.0. The highest BCUT2D eigenvalue weighted by Crippen LogP contribution is 2.28. The van der Waals surface area contributed by atoms with Crippen molar-refractivity contribution in [3.63, 3.8) is 0 Å². The summed E-state index contributed by atoms with van der Waals surface area (Å²) >= 11 is 5.96. The highest BCUT2D eigenvalue weighted by atomic mass is 35.5. The summed E-state index contributed by atoms with van der Waals surface area (Å²) in [4.78, 5) is 9.27. The Bertz CT molecular complexity index is 1120. The second kappa shape index (κ2) is 8.04. The zero-order chi connectivity index (χ0) is 19.0. The Kier molecular flexibility index (Phi) is 5.72. The molecule has 2 heterocycles. The van der Waals surface area contributed by atoms with Gasteiger partial charge in [-0.3, -0.25) is 4.68 Å². The number of halogens is 2. The molecule has 0 radical (unpaired) electrons. The van der Waals surface area contributed by atoms with E-state index in [-0.39, 0.29) is 12.4 Å². The van der Waals surface area contributed by atoms with Crippen molar-refractivity contribution in [1.29, 1.82) is 0 Å². The zero-order valence-corrected chi connectivity index (χ0v) is 17.3. The van der Waals surface area contributed by atoms with Gasteiger partial charge in [0.15, 0.2) is 5.65 Å². The van der Waals surface area contributed by atoms with E-state index in [1.807, 2.05) is 31.3 Å². The van der Waals surface area contributed by atoms with Crippen LogP contribution in [0.2, 0.25) is 5.02 Å². The molecular weight excluding hydrogens is 395 g/mol. The molecule has 144 valence electrons. The summed E-state index contributed by atoms with van der Waals surface area (Å²) in [5, 5.41) is 12.5. The predicted octanol–water partition coefficient (Wildman–Crippen LogP) is 5.54. The lowest BCUT2D eigenvalue weighted by atomic mass is 10.1. The fourth-order valence-corrected chi connectivity index (χ4v) is 3.04. The van der Waals surface area contributed by atoms with E-state index in [1.165, 1.54) is 5.56 Å². The Hall–Kier alpha value is -2.83. The smallest absolute Gasteiger partial charge is 0.231 e. The largest absolute Gasteiger partial charge is 0.339 e. The van der Waals surface area contributed by atoms with Crippen LogP contribution in [0.15, 0.2) is 48.7 Å². The Labute approximate surface area is 174 Å². The van der Waals surface area contributed by atoms with E-state index in [0.29, 0.717) is 16.8 Å². The molecule has 2 aromatic heterocycles. The van der Waals surface area contributed by atoms with Crippen molar-refractivity contribution in [2.24, 2.45) is 7.05 Å². The maximum Gasteiger partial charge on any atom is 0.231 e. The van der Waals surface area contributed by atoms with Gasteiger partial charge in [0.05, 0.1) is 11.6 Å². The molecule has 0 unspecified atom stereocenters. The molecule has 0 aliphatic rings. The molecule has 4 rings (SSSR count). The molecule has 2 aromatic carbocycles. The lowest BCUT2D eigenvalue weighted by Crippen LogP contribution is -2.04. The van der Waals surface area contributed by atoms with E-state index < -0.39 is 0 Å². The number of anilines is 4. The molecule has 4 aromatic rings. The number of fused-ring (bicyclic) bond motifs is 1. The Balaban J connectivity index is 0.00000225. The number of rotatable bonds is 4. The van der Waals surface area contributed by atoms with E-state index in [4.69, 9.17) is 11.6 Å². The molecule has 0 aliphatic heterocycles. The summed E-state index contributed by atoms with van der Waals surface area (Å²) in [6, 6.07) is 13.7. The van der Waals surface area contributed by atoms with E-state index in [1.54, 1.807) is 10.9 Å². The fourth-order valence-electron chi connectivity index (χ4n) is 2.92. The van der Waals surface area contributed by atoms with Crippen LogP contribution in [0.4, 0.5) is 23.1 Å². The molecule has 0 saturated heterocycles. The van der Waals surface area contributed by atoms with Crippen LogP contribution >= 0.6 is 24.0 Å². The van der Waals surface area contributed by atoms with Gasteiger partial charge in [-0.1, -0.05) is 29.3 Å². The average molecular weight is 415 g/mol. The number of benzene rings is 2. The second-order valence-electron chi connectivity index (χ2n) is 6.48. The summed E-state index contributed by atoms with van der Waals surface area (Å²) < 4.78 is 1.73. The van der Waals surface area contributed by atoms with Crippen LogP contribution in [0.3, 0.4) is 0 Å². The molecule has 2 N–H and O–H groups in total. The topological polar surface area (TPSA) is 67.7 Å². The first kappa shape index (κ1) is 19.9. The summed E-state index contributed by atoms with van der Waals surface area (Å²) in [5.74, 6) is 1.19. The number of nitrogens with one attached hydrogen (secondary N) is 2. The summed E-state index contributed by atoms with van der Waals surface area (Å²) in [6.45, 7) is 4.15. The first-order valence-electron chi connectivity index (χ1n) is 8.56. The van der Waals surface area contributed by atoms with Crippen molar-refractivity contribution in [2.45, 2.75) is 13.8 Å². The van der Waals surface area contributed by atoms with E-state index in [2.05, 4.69) is 57.7 Å². The first-order valence-corrected chi connectivity index (χ1v) is 8.94. The lowest BCUT2D eigenvalue weighted by Gasteiger charge is -2.12. The molecule has 0 amide bonds. The molecule has 0 fully saturated rings. The summed E-state index contributed by atoms with van der Waals surface area (Å²) in [7, 11) is 1.86. The van der Waals surface area contributed by atoms with Crippen molar-refractivity contribution >= 4 is 58.2 Å². The van der Waals surface area contributed by atoms with Crippen LogP contribution in [0.1, 0.15) is 11.1 Å². The van der Waals surface area contributed by atoms with Crippen molar-refractivity contribution < 1.29 is 0 Å². The van der Waals surface area contributed by atoms with E-state index in [0.717, 1.165) is 28.0 Å². The standard InChI is InChI=1S/C20H19ClN6.ClH/c1-12-4-9-17(13(2)10-12)24-18-16-11-22-27(3)19(16)26-20(25-18)23-15-7-5-14(21)6-8-15;/h4-11H,1-3H3,(H2,23,24,25,26);1H. The van der Waals surface area contributed by atoms with Gasteiger partial charge in [0.25, 0.3) is 0 Å². The predicted molar refractivity (Wildman–Crippen MR) is 117 cm³/mol. The van der Waals surface area contributed by atoms with Crippen molar-refractivity contribution in [2.75, 3.05) is 10.6 Å². The normalized spacial score (nSPS) is 10.6. The maximum absolute atomic E-state index is 5.96. The van der Waals surface area contributed by atoms with Gasteiger partial charge in [0.1, 0.15) is 5.82 Å². The molecule has 0 aliphatic carbocycles. The Morgan fingerprint density at radius 2 is 1.71 bits per heavy atom. The Morgan fingerprint density at radius 3 is 2.43 bits per heavy atom. The summed E-state index contributed by atoms with van der Waals surface area (Å²) in [5.41, 5.74) is 4.98. The fraction of sp³-hybridized carbons (Fsp3) is 0.150. The van der Waals surface area contributed by atoms with Gasteiger partial charge in [0.2, 0.25) is 5.95 Å². The van der Waals surface area contributed by atoms with Crippen LogP contribution in [-0.4, -0.2) is 19.7 Å². The van der Waals surface area contributed by atoms with Crippen molar-refractivity contribution in [1.82, 2.24) is 19.7 Å². The number of aryl methyl sites for hydroxylation is 3. The highest BCUT2D eigenvalue weighted by Gasteiger charge is 2.13. The monoisotopic (exact) mass is 414 g/mol. The molecule has 0 atom stereocenters. The summed E-state index contributed by atoms with van der Waals surface area (Å²) in [6.07, 6.45) is 1.77. The van der Waals surface area contributed by atoms with Crippen LogP contribution < -0.4 is 10.6 Å². The van der Waals surface area contributed by atoms with Gasteiger partial charge in [-0.25, -0.2) is 0 Å². The van der Waals surface area contributed by atoms with Gasteiger partial charge < -0.3 is 10.6 Å². The minimum absolute atomic E-state index is 0. The highest BCUT2D eigenvalue weighted by molar-refractivity contribution is 6.30. The maximum atomic E-state index is 5.96. The quantitative estimate of drug-likeness (QED) is 0.458. The molecule has 28 heavy (non-hydrogen) atoms. The molecule has 6 nitrogen and oxygen atoms in total. The van der Waals surface area contributed by atoms with E-state index >= 15 is 0 Å². The number of aromatic nitrogens is 4. The number of nitrogens with zero attached hydrogens (tertiary/aromatic N) is 4. The minimum Gasteiger partial charge on any atom is -0.339 e. The second-order valence-corrected chi connectivity index (χ2v) is 6.91. The molecule has 0 spiro atoms. The number of hydrogen-bond acceptors (Lipinski definition) is 5. The Morgan fingerprint density at radius 1 is 0.964 bits per heavy atom. The third-order valence-electron chi connectivity index (χ3n) is 4.33. The zero-order valence-electron chi connectivity index (χ0n) is 15.7. The van der Waals surface area contributed by atoms with Crippen molar-refractivity contribution in [3.05, 3.63) is 64.8 Å². The average Bonchev–Trinajstić information content (AvgIpc) is 3.01. The molecule has 0 saturated carbocycles. The SMILES string of the molecule is Cc1ccc(Nc2nc(Nc3ccc(Cl)cc3)nc3c2cnn3C)c(C)c1.Cl. The van der Waals surface area contributed by atoms with Crippen LogP contribution in [0, 0.1) is 13.8 Å². The molecular formula is C20H20Cl2N6. The van der Waals surface area contributed by atoms with Crippen molar-refractivity contribution in [3.8, 4) is 0 Å². The van der Waals surface area contributed by atoms with Gasteiger partial charge in [-0.15, -0.1) is 12.4 Å². The third-order valence-corrected chi connectivity index (χ3v) is 4.58. The molecule has 8 heteroatoms. The van der Waals surface area contributed by atoms with Gasteiger partial charge >= 0.3 is 0 Å². The van der Waals surface area contributed by atoms with Crippen LogP contribution in [-0.2, 0) is 7.05 Å². The van der Waals surface area contributed by atoms with Crippen LogP contribution in [0.5, 0.6) is 0 Å². The minimum atomic E-state index is 0. The van der Waals surface area contributed by atoms with Crippen LogP contribution in [0.25, 0.3) is 11.0 Å². The van der Waals surface area contributed by atoms with Gasteiger partial charge in [-0.05, 0) is 49.7 Å².